The van der Waals surface area contributed by atoms with Crippen LogP contribution in [0.5, 0.6) is 0 Å². The van der Waals surface area contributed by atoms with Crippen LogP contribution >= 0.6 is 0 Å². The highest BCUT2D eigenvalue weighted by Crippen LogP contribution is 2.12. The molecule has 1 aromatic carbocycles. The summed E-state index contributed by atoms with van der Waals surface area (Å²) in [7, 11) is 1.72. The van der Waals surface area contributed by atoms with Gasteiger partial charge in [0.15, 0.2) is 0 Å². The van der Waals surface area contributed by atoms with Gasteiger partial charge in [-0.05, 0) is 18.9 Å². The van der Waals surface area contributed by atoms with Gasteiger partial charge < -0.3 is 14.6 Å². The first-order chi connectivity index (χ1) is 9.29. The van der Waals surface area contributed by atoms with E-state index in [0.717, 1.165) is 37.8 Å². The van der Waals surface area contributed by atoms with Crippen molar-refractivity contribution >= 4 is 5.95 Å². The molecule has 0 atom stereocenters. The largest absolute Gasteiger partial charge is 0.385 e. The van der Waals surface area contributed by atoms with Crippen molar-refractivity contribution in [1.29, 1.82) is 0 Å². The quantitative estimate of drug-likeness (QED) is 0.777. The van der Waals surface area contributed by atoms with Gasteiger partial charge in [0.1, 0.15) is 0 Å². The van der Waals surface area contributed by atoms with Gasteiger partial charge >= 0.3 is 0 Å². The summed E-state index contributed by atoms with van der Waals surface area (Å²) in [4.78, 5) is 4.52. The van der Waals surface area contributed by atoms with Gasteiger partial charge in [-0.15, -0.1) is 0 Å². The van der Waals surface area contributed by atoms with Gasteiger partial charge in [-0.1, -0.05) is 30.3 Å². The van der Waals surface area contributed by atoms with Crippen molar-refractivity contribution in [2.75, 3.05) is 25.6 Å². The molecule has 19 heavy (non-hydrogen) atoms. The number of anilines is 1. The summed E-state index contributed by atoms with van der Waals surface area (Å²) in [5, 5.41) is 3.36. The smallest absolute Gasteiger partial charge is 0.203 e. The standard InChI is InChI=1S/C15H21N3O/c1-13-11-18(12-14-7-4-3-5-8-14)15(17-13)16-9-6-10-19-2/h3-5,7-8,11H,6,9-10,12H2,1-2H3,(H,16,17). The van der Waals surface area contributed by atoms with Crippen molar-refractivity contribution in [3.63, 3.8) is 0 Å². The molecule has 0 amide bonds. The number of aromatic nitrogens is 2. The van der Waals surface area contributed by atoms with E-state index in [1.54, 1.807) is 7.11 Å². The van der Waals surface area contributed by atoms with E-state index in [-0.39, 0.29) is 0 Å². The average molecular weight is 259 g/mol. The Labute approximate surface area is 114 Å². The Hall–Kier alpha value is -1.81. The SMILES string of the molecule is COCCCNc1nc(C)cn1Cc1ccccc1. The molecule has 0 bridgehead atoms. The summed E-state index contributed by atoms with van der Waals surface area (Å²) in [6.45, 7) is 4.50. The van der Waals surface area contributed by atoms with E-state index >= 15 is 0 Å². The van der Waals surface area contributed by atoms with Crippen LogP contribution < -0.4 is 5.32 Å². The normalized spacial score (nSPS) is 10.6. The molecule has 1 N–H and O–H groups in total. The van der Waals surface area contributed by atoms with Crippen molar-refractivity contribution in [1.82, 2.24) is 9.55 Å². The summed E-state index contributed by atoms with van der Waals surface area (Å²) >= 11 is 0. The van der Waals surface area contributed by atoms with Crippen LogP contribution in [0.1, 0.15) is 17.7 Å². The van der Waals surface area contributed by atoms with Crippen LogP contribution in [0, 0.1) is 6.92 Å². The Bertz CT molecular complexity index is 493. The highest BCUT2D eigenvalue weighted by molar-refractivity contribution is 5.30. The molecule has 2 rings (SSSR count). The maximum absolute atomic E-state index is 5.04. The molecule has 4 heteroatoms. The molecule has 1 heterocycles. The molecule has 0 aliphatic carbocycles. The number of aryl methyl sites for hydroxylation is 1. The van der Waals surface area contributed by atoms with Crippen molar-refractivity contribution in [2.45, 2.75) is 19.9 Å². The Morgan fingerprint density at radius 2 is 2.05 bits per heavy atom. The summed E-state index contributed by atoms with van der Waals surface area (Å²) in [5.74, 6) is 0.928. The highest BCUT2D eigenvalue weighted by atomic mass is 16.5. The monoisotopic (exact) mass is 259 g/mol. The average Bonchev–Trinajstić information content (AvgIpc) is 2.76. The lowest BCUT2D eigenvalue weighted by molar-refractivity contribution is 0.197. The lowest BCUT2D eigenvalue weighted by Crippen LogP contribution is -2.10. The number of nitrogens with zero attached hydrogens (tertiary/aromatic N) is 2. The number of hydrogen-bond donors (Lipinski definition) is 1. The van der Waals surface area contributed by atoms with Crippen LogP contribution in [0.4, 0.5) is 5.95 Å². The first-order valence-corrected chi connectivity index (χ1v) is 6.60. The third-order valence-corrected chi connectivity index (χ3v) is 2.90. The predicted octanol–water partition coefficient (Wildman–Crippen LogP) is 2.69. The molecule has 0 radical (unpaired) electrons. The zero-order valence-electron chi connectivity index (χ0n) is 11.6. The van der Waals surface area contributed by atoms with Gasteiger partial charge in [-0.25, -0.2) is 4.98 Å². The molecular weight excluding hydrogens is 238 g/mol. The molecule has 0 saturated carbocycles. The zero-order valence-corrected chi connectivity index (χ0v) is 11.6. The van der Waals surface area contributed by atoms with Gasteiger partial charge in [0.05, 0.1) is 12.2 Å². The molecule has 102 valence electrons. The Kier molecular flexibility index (Phi) is 4.98. The fourth-order valence-corrected chi connectivity index (χ4v) is 2.01. The minimum atomic E-state index is 0.769. The third-order valence-electron chi connectivity index (χ3n) is 2.90. The van der Waals surface area contributed by atoms with Crippen LogP contribution in [0.15, 0.2) is 36.5 Å². The fraction of sp³-hybridized carbons (Fsp3) is 0.400. The Morgan fingerprint density at radius 3 is 2.79 bits per heavy atom. The fourth-order valence-electron chi connectivity index (χ4n) is 2.01. The van der Waals surface area contributed by atoms with E-state index in [9.17, 15) is 0 Å². The van der Waals surface area contributed by atoms with E-state index in [4.69, 9.17) is 4.74 Å². The summed E-state index contributed by atoms with van der Waals surface area (Å²) < 4.78 is 7.19. The Morgan fingerprint density at radius 1 is 1.26 bits per heavy atom. The van der Waals surface area contributed by atoms with E-state index < -0.39 is 0 Å². The van der Waals surface area contributed by atoms with Crippen LogP contribution in [0.25, 0.3) is 0 Å². The number of benzene rings is 1. The minimum Gasteiger partial charge on any atom is -0.385 e. The van der Waals surface area contributed by atoms with Crippen LogP contribution in [0.2, 0.25) is 0 Å². The molecule has 0 unspecified atom stereocenters. The number of methoxy groups -OCH3 is 1. The van der Waals surface area contributed by atoms with Crippen LogP contribution in [-0.2, 0) is 11.3 Å². The van der Waals surface area contributed by atoms with E-state index in [2.05, 4.69) is 45.3 Å². The van der Waals surface area contributed by atoms with E-state index in [0.29, 0.717) is 0 Å². The second-order valence-corrected chi connectivity index (χ2v) is 4.59. The summed E-state index contributed by atoms with van der Waals surface area (Å²) in [6, 6.07) is 10.4. The van der Waals surface area contributed by atoms with E-state index in [1.807, 2.05) is 13.0 Å². The van der Waals surface area contributed by atoms with Crippen molar-refractivity contribution in [2.24, 2.45) is 0 Å². The minimum absolute atomic E-state index is 0.769. The maximum Gasteiger partial charge on any atom is 0.203 e. The topological polar surface area (TPSA) is 39.1 Å². The first kappa shape index (κ1) is 13.6. The van der Waals surface area contributed by atoms with Crippen molar-refractivity contribution in [3.8, 4) is 0 Å². The highest BCUT2D eigenvalue weighted by Gasteiger charge is 2.05. The molecular formula is C15H21N3O. The molecule has 0 aliphatic rings. The number of nitrogens with one attached hydrogen (secondary N) is 1. The number of imidazole rings is 1. The second-order valence-electron chi connectivity index (χ2n) is 4.59. The second kappa shape index (κ2) is 6.95. The third kappa shape index (κ3) is 4.10. The molecule has 1 aromatic heterocycles. The van der Waals surface area contributed by atoms with Crippen LogP contribution in [-0.4, -0.2) is 29.8 Å². The molecule has 4 nitrogen and oxygen atoms in total. The van der Waals surface area contributed by atoms with Crippen molar-refractivity contribution in [3.05, 3.63) is 47.8 Å². The molecule has 2 aromatic rings. The van der Waals surface area contributed by atoms with Gasteiger partial charge in [0.25, 0.3) is 0 Å². The van der Waals surface area contributed by atoms with Gasteiger partial charge in [-0.2, -0.15) is 0 Å². The van der Waals surface area contributed by atoms with Crippen molar-refractivity contribution < 1.29 is 4.74 Å². The van der Waals surface area contributed by atoms with Gasteiger partial charge in [-0.3, -0.25) is 0 Å². The number of hydrogen-bond acceptors (Lipinski definition) is 3. The number of ether oxygens (including phenoxy) is 1. The molecule has 0 spiro atoms. The van der Waals surface area contributed by atoms with Gasteiger partial charge in [0.2, 0.25) is 5.95 Å². The maximum atomic E-state index is 5.04. The molecule has 0 aliphatic heterocycles. The first-order valence-electron chi connectivity index (χ1n) is 6.60. The number of rotatable bonds is 7. The lowest BCUT2D eigenvalue weighted by atomic mass is 10.2. The van der Waals surface area contributed by atoms with Crippen LogP contribution in [0.3, 0.4) is 0 Å². The molecule has 0 saturated heterocycles. The van der Waals surface area contributed by atoms with E-state index in [1.165, 1.54) is 5.56 Å². The zero-order chi connectivity index (χ0) is 13.5. The summed E-state index contributed by atoms with van der Waals surface area (Å²) in [6.07, 6.45) is 3.05. The summed E-state index contributed by atoms with van der Waals surface area (Å²) in [5.41, 5.74) is 2.31. The Balaban J connectivity index is 2.00. The van der Waals surface area contributed by atoms with Gasteiger partial charge in [0, 0.05) is 26.5 Å². The predicted molar refractivity (Wildman–Crippen MR) is 77.5 cm³/mol. The lowest BCUT2D eigenvalue weighted by Gasteiger charge is -2.09. The molecule has 0 fully saturated rings.